The van der Waals surface area contributed by atoms with Crippen LogP contribution in [-0.4, -0.2) is 28.7 Å². The molecular weight excluding hydrogens is 380 g/mol. The maximum atomic E-state index is 12.6. The van der Waals surface area contributed by atoms with Gasteiger partial charge in [0.25, 0.3) is 11.8 Å². The van der Waals surface area contributed by atoms with E-state index in [-0.39, 0.29) is 0 Å². The Morgan fingerprint density at radius 2 is 1.27 bits per heavy atom. The lowest BCUT2D eigenvalue weighted by molar-refractivity contribution is -0.119. The van der Waals surface area contributed by atoms with Crippen LogP contribution in [0.1, 0.15) is 27.6 Å². The highest BCUT2D eigenvalue weighted by Crippen LogP contribution is 2.25. The van der Waals surface area contributed by atoms with Crippen molar-refractivity contribution in [2.75, 3.05) is 5.32 Å². The first kappa shape index (κ1) is 19.2. The summed E-state index contributed by atoms with van der Waals surface area (Å²) in [6.07, 6.45) is 0. The zero-order valence-corrected chi connectivity index (χ0v) is 16.1. The highest BCUT2D eigenvalue weighted by molar-refractivity contribution is 6.23. The highest BCUT2D eigenvalue weighted by atomic mass is 16.2. The van der Waals surface area contributed by atoms with Gasteiger partial charge < -0.3 is 5.32 Å². The molecule has 7 nitrogen and oxygen atoms in total. The van der Waals surface area contributed by atoms with Crippen LogP contribution >= 0.6 is 0 Å². The zero-order valence-electron chi connectivity index (χ0n) is 16.1. The van der Waals surface area contributed by atoms with E-state index in [9.17, 15) is 14.4 Å². The van der Waals surface area contributed by atoms with Crippen LogP contribution in [0.5, 0.6) is 0 Å². The number of amides is 3. The molecule has 1 heterocycles. The molecule has 4 rings (SSSR count). The molecule has 30 heavy (non-hydrogen) atoms. The molecule has 1 atom stereocenters. The lowest BCUT2D eigenvalue weighted by Gasteiger charge is -2.21. The van der Waals surface area contributed by atoms with Crippen LogP contribution in [-0.2, 0) is 4.79 Å². The van der Waals surface area contributed by atoms with Crippen LogP contribution in [0, 0.1) is 0 Å². The SMILES string of the molecule is C[C@@H](C(=O)Nc1ccc(N=Nc2ccccc2)cc1)N1C(=O)c2ccccc2C1=O. The highest BCUT2D eigenvalue weighted by Gasteiger charge is 2.40. The van der Waals surface area contributed by atoms with Crippen LogP contribution in [0.3, 0.4) is 0 Å². The van der Waals surface area contributed by atoms with E-state index < -0.39 is 23.8 Å². The molecule has 0 bridgehead atoms. The summed E-state index contributed by atoms with van der Waals surface area (Å²) in [7, 11) is 0. The van der Waals surface area contributed by atoms with E-state index in [0.717, 1.165) is 10.6 Å². The molecule has 7 heteroatoms. The number of hydrogen-bond acceptors (Lipinski definition) is 5. The van der Waals surface area contributed by atoms with E-state index in [0.29, 0.717) is 22.5 Å². The van der Waals surface area contributed by atoms with Gasteiger partial charge in [-0.1, -0.05) is 30.3 Å². The number of imide groups is 1. The monoisotopic (exact) mass is 398 g/mol. The molecular formula is C23H18N4O3. The van der Waals surface area contributed by atoms with Gasteiger partial charge in [-0.15, -0.1) is 0 Å². The van der Waals surface area contributed by atoms with Crippen LogP contribution in [0.4, 0.5) is 17.1 Å². The number of nitrogens with zero attached hydrogens (tertiary/aromatic N) is 3. The summed E-state index contributed by atoms with van der Waals surface area (Å²) in [5, 5.41) is 11.0. The number of fused-ring (bicyclic) bond motifs is 1. The molecule has 1 N–H and O–H groups in total. The van der Waals surface area contributed by atoms with Crippen molar-refractivity contribution in [3.63, 3.8) is 0 Å². The maximum absolute atomic E-state index is 12.6. The van der Waals surface area contributed by atoms with Gasteiger partial charge in [0.15, 0.2) is 0 Å². The molecule has 3 aromatic rings. The van der Waals surface area contributed by atoms with E-state index in [4.69, 9.17) is 0 Å². The minimum atomic E-state index is -0.949. The Bertz CT molecular complexity index is 1110. The summed E-state index contributed by atoms with van der Waals surface area (Å²) in [6, 6.07) is 21.8. The van der Waals surface area contributed by atoms with Crippen LogP contribution in [0.25, 0.3) is 0 Å². The number of carbonyl (C=O) groups is 3. The van der Waals surface area contributed by atoms with Crippen molar-refractivity contribution in [1.29, 1.82) is 0 Å². The number of nitrogens with one attached hydrogen (secondary N) is 1. The minimum Gasteiger partial charge on any atom is -0.324 e. The minimum absolute atomic E-state index is 0.315. The Morgan fingerprint density at radius 3 is 1.83 bits per heavy atom. The second-order valence-corrected chi connectivity index (χ2v) is 6.77. The predicted octanol–water partition coefficient (Wildman–Crippen LogP) is 4.73. The summed E-state index contributed by atoms with van der Waals surface area (Å²) in [6.45, 7) is 1.53. The van der Waals surface area contributed by atoms with Gasteiger partial charge in [0.2, 0.25) is 5.91 Å². The molecule has 0 aromatic heterocycles. The summed E-state index contributed by atoms with van der Waals surface area (Å²) in [5.41, 5.74) is 2.53. The van der Waals surface area contributed by atoms with Crippen LogP contribution in [0.15, 0.2) is 89.1 Å². The Kier molecular flexibility index (Phi) is 5.17. The molecule has 148 valence electrons. The number of rotatable bonds is 5. The van der Waals surface area contributed by atoms with Gasteiger partial charge in [-0.2, -0.15) is 10.2 Å². The van der Waals surface area contributed by atoms with Crippen LogP contribution < -0.4 is 5.32 Å². The standard InChI is InChI=1S/C23H18N4O3/c1-15(27-22(29)19-9-5-6-10-20(19)23(27)30)21(28)24-16-11-13-18(14-12-16)26-25-17-7-3-2-4-8-17/h2-15H,1H3,(H,24,28)/t15-/m0/s1. The van der Waals surface area contributed by atoms with Crippen molar-refractivity contribution >= 4 is 34.8 Å². The van der Waals surface area contributed by atoms with Gasteiger partial charge >= 0.3 is 0 Å². The Balaban J connectivity index is 1.42. The van der Waals surface area contributed by atoms with Crippen molar-refractivity contribution in [3.8, 4) is 0 Å². The molecule has 1 aliphatic rings. The van der Waals surface area contributed by atoms with Gasteiger partial charge in [0.05, 0.1) is 22.5 Å². The van der Waals surface area contributed by atoms with E-state index in [2.05, 4.69) is 15.5 Å². The first-order valence-electron chi connectivity index (χ1n) is 9.39. The topological polar surface area (TPSA) is 91.2 Å². The third-order valence-corrected chi connectivity index (χ3v) is 4.76. The lowest BCUT2D eigenvalue weighted by atomic mass is 10.1. The number of azo groups is 1. The van der Waals surface area contributed by atoms with E-state index >= 15 is 0 Å². The molecule has 1 aliphatic heterocycles. The van der Waals surface area contributed by atoms with Crippen molar-refractivity contribution in [3.05, 3.63) is 90.0 Å². The number of benzene rings is 3. The quantitative estimate of drug-likeness (QED) is 0.498. The third kappa shape index (κ3) is 3.73. The molecule has 0 saturated heterocycles. The Hall–Kier alpha value is -4.13. The van der Waals surface area contributed by atoms with Gasteiger partial charge in [-0.25, -0.2) is 0 Å². The summed E-state index contributed by atoms with van der Waals surface area (Å²) >= 11 is 0. The van der Waals surface area contributed by atoms with Gasteiger partial charge in [-0.3, -0.25) is 19.3 Å². The third-order valence-electron chi connectivity index (χ3n) is 4.76. The summed E-state index contributed by atoms with van der Waals surface area (Å²) in [5.74, 6) is -1.38. The molecule has 0 spiro atoms. The summed E-state index contributed by atoms with van der Waals surface area (Å²) in [4.78, 5) is 38.7. The maximum Gasteiger partial charge on any atom is 0.262 e. The Morgan fingerprint density at radius 1 is 0.767 bits per heavy atom. The molecule has 0 unspecified atom stereocenters. The van der Waals surface area contributed by atoms with Gasteiger partial charge in [0, 0.05) is 5.69 Å². The fourth-order valence-corrected chi connectivity index (χ4v) is 3.15. The van der Waals surface area contributed by atoms with Crippen LogP contribution in [0.2, 0.25) is 0 Å². The number of hydrogen-bond donors (Lipinski definition) is 1. The zero-order chi connectivity index (χ0) is 21.1. The fourth-order valence-electron chi connectivity index (χ4n) is 3.15. The Labute approximate surface area is 173 Å². The smallest absolute Gasteiger partial charge is 0.262 e. The van der Waals surface area contributed by atoms with Crippen molar-refractivity contribution < 1.29 is 14.4 Å². The van der Waals surface area contributed by atoms with Crippen molar-refractivity contribution in [2.24, 2.45) is 10.2 Å². The van der Waals surface area contributed by atoms with E-state index in [1.807, 2.05) is 30.3 Å². The molecule has 0 radical (unpaired) electrons. The lowest BCUT2D eigenvalue weighted by Crippen LogP contribution is -2.45. The van der Waals surface area contributed by atoms with Gasteiger partial charge in [-0.05, 0) is 55.5 Å². The average Bonchev–Trinajstić information content (AvgIpc) is 3.04. The second kappa shape index (κ2) is 8.08. The van der Waals surface area contributed by atoms with Gasteiger partial charge in [0.1, 0.15) is 6.04 Å². The van der Waals surface area contributed by atoms with E-state index in [1.54, 1.807) is 48.5 Å². The first-order chi connectivity index (χ1) is 14.5. The molecule has 0 fully saturated rings. The van der Waals surface area contributed by atoms with Crippen molar-refractivity contribution in [1.82, 2.24) is 4.90 Å². The van der Waals surface area contributed by atoms with E-state index in [1.165, 1.54) is 6.92 Å². The number of carbonyl (C=O) groups excluding carboxylic acids is 3. The number of anilines is 1. The molecule has 3 aromatic carbocycles. The second-order valence-electron chi connectivity index (χ2n) is 6.77. The molecule has 0 aliphatic carbocycles. The predicted molar refractivity (Wildman–Crippen MR) is 112 cm³/mol. The summed E-state index contributed by atoms with van der Waals surface area (Å²) < 4.78 is 0. The average molecular weight is 398 g/mol. The fraction of sp³-hybridized carbons (Fsp3) is 0.0870. The van der Waals surface area contributed by atoms with Crippen molar-refractivity contribution in [2.45, 2.75) is 13.0 Å². The first-order valence-corrected chi connectivity index (χ1v) is 9.39. The normalized spacial score (nSPS) is 14.1. The molecule has 0 saturated carbocycles. The molecule has 3 amide bonds. The largest absolute Gasteiger partial charge is 0.324 e.